The first-order valence-corrected chi connectivity index (χ1v) is 11.2. The first-order chi connectivity index (χ1) is 15.1. The molecule has 0 saturated carbocycles. The minimum absolute atomic E-state index is 0. The molecule has 0 bridgehead atoms. The fourth-order valence-electron chi connectivity index (χ4n) is 2.98. The SMILES string of the molecule is Cc1ccc(S(=O)(=O)NCC(C)(C)O)cc1-c1cnc(N)c(-c2cc(CC(F)(F)F)no2)c1.Cl. The van der Waals surface area contributed by atoms with Gasteiger partial charge in [-0.1, -0.05) is 11.2 Å². The number of pyridine rings is 1. The van der Waals surface area contributed by atoms with E-state index < -0.39 is 28.2 Å². The van der Waals surface area contributed by atoms with Crippen LogP contribution in [-0.2, 0) is 16.4 Å². The van der Waals surface area contributed by atoms with Gasteiger partial charge in [-0.15, -0.1) is 12.4 Å². The molecule has 186 valence electrons. The predicted octanol–water partition coefficient (Wildman–Crippen LogP) is 3.87. The van der Waals surface area contributed by atoms with Crippen molar-refractivity contribution in [1.82, 2.24) is 14.9 Å². The number of rotatable bonds is 7. The summed E-state index contributed by atoms with van der Waals surface area (Å²) in [7, 11) is -3.92. The number of hydrogen-bond donors (Lipinski definition) is 3. The Morgan fingerprint density at radius 2 is 1.82 bits per heavy atom. The van der Waals surface area contributed by atoms with Gasteiger partial charge in [-0.25, -0.2) is 18.1 Å². The maximum absolute atomic E-state index is 12.7. The van der Waals surface area contributed by atoms with Gasteiger partial charge in [-0.2, -0.15) is 13.2 Å². The topological polar surface area (TPSA) is 131 Å². The van der Waals surface area contributed by atoms with Gasteiger partial charge in [0, 0.05) is 24.4 Å². The molecule has 13 heteroatoms. The summed E-state index contributed by atoms with van der Waals surface area (Å²) in [6, 6.07) is 7.16. The summed E-state index contributed by atoms with van der Waals surface area (Å²) in [4.78, 5) is 4.06. The molecule has 2 aromatic heterocycles. The van der Waals surface area contributed by atoms with Crippen molar-refractivity contribution in [3.05, 3.63) is 47.8 Å². The molecule has 0 aliphatic rings. The van der Waals surface area contributed by atoms with Crippen LogP contribution < -0.4 is 10.5 Å². The second-order valence-corrected chi connectivity index (χ2v) is 10.0. The van der Waals surface area contributed by atoms with Crippen molar-refractivity contribution in [2.24, 2.45) is 0 Å². The summed E-state index contributed by atoms with van der Waals surface area (Å²) in [5, 5.41) is 13.2. The largest absolute Gasteiger partial charge is 0.394 e. The Hall–Kier alpha value is -2.67. The first kappa shape index (κ1) is 27.6. The van der Waals surface area contributed by atoms with Crippen LogP contribution in [-0.4, -0.2) is 42.0 Å². The number of nitrogens with zero attached hydrogens (tertiary/aromatic N) is 2. The van der Waals surface area contributed by atoms with Crippen molar-refractivity contribution >= 4 is 28.2 Å². The van der Waals surface area contributed by atoms with E-state index in [0.29, 0.717) is 11.1 Å². The van der Waals surface area contributed by atoms with Gasteiger partial charge in [0.2, 0.25) is 10.0 Å². The number of aliphatic hydroxyl groups is 1. The van der Waals surface area contributed by atoms with Crippen LogP contribution in [0.25, 0.3) is 22.5 Å². The van der Waals surface area contributed by atoms with Crippen LogP contribution in [0.15, 0.2) is 45.9 Å². The molecule has 2 heterocycles. The molecule has 1 aromatic carbocycles. The monoisotopic (exact) mass is 520 g/mol. The van der Waals surface area contributed by atoms with Gasteiger partial charge in [-0.3, -0.25) is 0 Å². The predicted molar refractivity (Wildman–Crippen MR) is 123 cm³/mol. The Balaban J connectivity index is 0.00000408. The Kier molecular flexibility index (Phi) is 8.03. The van der Waals surface area contributed by atoms with E-state index in [0.717, 1.165) is 11.6 Å². The van der Waals surface area contributed by atoms with Crippen LogP contribution in [0.2, 0.25) is 0 Å². The van der Waals surface area contributed by atoms with Crippen molar-refractivity contribution in [3.63, 3.8) is 0 Å². The highest BCUT2D eigenvalue weighted by molar-refractivity contribution is 7.89. The van der Waals surface area contributed by atoms with Crippen LogP contribution in [0.5, 0.6) is 0 Å². The highest BCUT2D eigenvalue weighted by Crippen LogP contribution is 2.33. The van der Waals surface area contributed by atoms with Gasteiger partial charge in [-0.05, 0) is 50.1 Å². The van der Waals surface area contributed by atoms with Crippen LogP contribution in [0.3, 0.4) is 0 Å². The number of anilines is 1. The van der Waals surface area contributed by atoms with E-state index in [-0.39, 0.29) is 46.7 Å². The van der Waals surface area contributed by atoms with Crippen LogP contribution in [0, 0.1) is 6.92 Å². The number of hydrogen-bond acceptors (Lipinski definition) is 7. The van der Waals surface area contributed by atoms with E-state index in [1.807, 2.05) is 0 Å². The van der Waals surface area contributed by atoms with E-state index in [9.17, 15) is 26.7 Å². The van der Waals surface area contributed by atoms with Crippen molar-refractivity contribution in [2.75, 3.05) is 12.3 Å². The number of nitrogens with one attached hydrogen (secondary N) is 1. The zero-order valence-corrected chi connectivity index (χ0v) is 20.1. The molecule has 0 saturated heterocycles. The quantitative estimate of drug-likeness (QED) is 0.431. The Labute approximate surface area is 200 Å². The number of aryl methyl sites for hydroxylation is 1. The lowest BCUT2D eigenvalue weighted by Gasteiger charge is -2.18. The summed E-state index contributed by atoms with van der Waals surface area (Å²) in [6.07, 6.45) is -4.27. The molecule has 0 radical (unpaired) electrons. The van der Waals surface area contributed by atoms with Crippen molar-refractivity contribution < 1.29 is 31.2 Å². The number of alkyl halides is 3. The smallest absolute Gasteiger partial charge is 0.389 e. The lowest BCUT2D eigenvalue weighted by atomic mass is 10.00. The standard InChI is InChI=1S/C21H23F3N4O4S.ClH/c1-12-4-5-15(33(30,31)27-11-20(2,3)29)8-16(12)13-6-17(19(25)26-10-13)18-7-14(28-32-18)9-21(22,23)24;/h4-8,10,27,29H,9,11H2,1-3H3,(H2,25,26);1H. The summed E-state index contributed by atoms with van der Waals surface area (Å²) in [5.74, 6) is 0.0242. The average molecular weight is 521 g/mol. The Bertz CT molecular complexity index is 1270. The third-order valence-electron chi connectivity index (χ3n) is 4.65. The molecule has 3 rings (SSSR count). The van der Waals surface area contributed by atoms with Gasteiger partial charge < -0.3 is 15.4 Å². The zero-order chi connectivity index (χ0) is 24.6. The molecular formula is C21H24ClF3N4O4S. The third-order valence-corrected chi connectivity index (χ3v) is 6.05. The molecule has 34 heavy (non-hydrogen) atoms. The van der Waals surface area contributed by atoms with E-state index in [2.05, 4.69) is 14.9 Å². The maximum Gasteiger partial charge on any atom is 0.394 e. The van der Waals surface area contributed by atoms with E-state index in [1.165, 1.54) is 32.2 Å². The fourth-order valence-corrected chi connectivity index (χ4v) is 4.21. The highest BCUT2D eigenvalue weighted by atomic mass is 35.5. The molecular weight excluding hydrogens is 497 g/mol. The van der Waals surface area contributed by atoms with Gasteiger partial charge >= 0.3 is 6.18 Å². The lowest BCUT2D eigenvalue weighted by molar-refractivity contribution is -0.128. The molecule has 3 aromatic rings. The first-order valence-electron chi connectivity index (χ1n) is 9.76. The van der Waals surface area contributed by atoms with Gasteiger partial charge in [0.05, 0.1) is 28.2 Å². The molecule has 0 spiro atoms. The molecule has 0 atom stereocenters. The van der Waals surface area contributed by atoms with E-state index >= 15 is 0 Å². The molecule has 0 unspecified atom stereocenters. The molecule has 4 N–H and O–H groups in total. The number of halogens is 4. The number of nitrogen functional groups attached to an aromatic ring is 1. The van der Waals surface area contributed by atoms with Gasteiger partial charge in [0.25, 0.3) is 0 Å². The van der Waals surface area contributed by atoms with E-state index in [1.54, 1.807) is 19.1 Å². The maximum atomic E-state index is 12.7. The Morgan fingerprint density at radius 3 is 2.44 bits per heavy atom. The average Bonchev–Trinajstić information content (AvgIpc) is 3.13. The molecule has 0 fully saturated rings. The fraction of sp³-hybridized carbons (Fsp3) is 0.333. The molecule has 0 aliphatic carbocycles. The summed E-state index contributed by atoms with van der Waals surface area (Å²) in [5.41, 5.74) is 6.31. The molecule has 0 aliphatic heterocycles. The summed E-state index contributed by atoms with van der Waals surface area (Å²) < 4.78 is 70.6. The van der Waals surface area contributed by atoms with Gasteiger partial charge in [0.15, 0.2) is 5.76 Å². The molecule has 0 amide bonds. The van der Waals surface area contributed by atoms with Crippen LogP contribution in [0.4, 0.5) is 19.0 Å². The number of aromatic nitrogens is 2. The molecule has 8 nitrogen and oxygen atoms in total. The lowest BCUT2D eigenvalue weighted by Crippen LogP contribution is -2.38. The second kappa shape index (κ2) is 9.90. The number of benzene rings is 1. The normalized spacial score (nSPS) is 12.4. The van der Waals surface area contributed by atoms with Crippen molar-refractivity contribution in [3.8, 4) is 22.5 Å². The van der Waals surface area contributed by atoms with Crippen molar-refractivity contribution in [2.45, 2.75) is 43.9 Å². The highest BCUT2D eigenvalue weighted by Gasteiger charge is 2.30. The summed E-state index contributed by atoms with van der Waals surface area (Å²) in [6.45, 7) is 4.53. The number of sulfonamides is 1. The minimum atomic E-state index is -4.44. The van der Waals surface area contributed by atoms with Crippen LogP contribution in [0.1, 0.15) is 25.1 Å². The second-order valence-electron chi connectivity index (χ2n) is 8.24. The third kappa shape index (κ3) is 6.92. The number of nitrogens with two attached hydrogens (primary N) is 1. The van der Waals surface area contributed by atoms with E-state index in [4.69, 9.17) is 10.3 Å². The van der Waals surface area contributed by atoms with Crippen LogP contribution >= 0.6 is 12.4 Å². The summed E-state index contributed by atoms with van der Waals surface area (Å²) >= 11 is 0. The Morgan fingerprint density at radius 1 is 1.15 bits per heavy atom. The minimum Gasteiger partial charge on any atom is -0.389 e. The van der Waals surface area contributed by atoms with Crippen molar-refractivity contribution in [1.29, 1.82) is 0 Å². The van der Waals surface area contributed by atoms with Gasteiger partial charge in [0.1, 0.15) is 5.82 Å². The zero-order valence-electron chi connectivity index (χ0n) is 18.5.